The van der Waals surface area contributed by atoms with Gasteiger partial charge in [-0.2, -0.15) is 5.26 Å². The molecule has 0 saturated heterocycles. The van der Waals surface area contributed by atoms with E-state index in [9.17, 15) is 4.79 Å². The maximum absolute atomic E-state index is 11.6. The fourth-order valence-corrected chi connectivity index (χ4v) is 1.57. The van der Waals surface area contributed by atoms with Crippen molar-refractivity contribution in [3.05, 3.63) is 29.3 Å². The number of benzene rings is 1. The number of fused-ring (bicyclic) bond motifs is 1. The van der Waals surface area contributed by atoms with Crippen LogP contribution in [0.1, 0.15) is 12.5 Å². The van der Waals surface area contributed by atoms with Gasteiger partial charge in [0, 0.05) is 6.54 Å². The maximum atomic E-state index is 11.6. The lowest BCUT2D eigenvalue weighted by atomic mass is 10.1. The van der Waals surface area contributed by atoms with Crippen molar-refractivity contribution in [2.24, 2.45) is 0 Å². The van der Waals surface area contributed by atoms with Crippen LogP contribution in [0.5, 0.6) is 11.5 Å². The first-order valence-corrected chi connectivity index (χ1v) is 5.54. The van der Waals surface area contributed by atoms with Crippen molar-refractivity contribution in [3.63, 3.8) is 0 Å². The lowest BCUT2D eigenvalue weighted by Crippen LogP contribution is -2.23. The molecular weight excluding hydrogens is 232 g/mol. The summed E-state index contributed by atoms with van der Waals surface area (Å²) in [6.45, 7) is 2.48. The van der Waals surface area contributed by atoms with Crippen molar-refractivity contribution >= 4 is 12.0 Å². The number of ether oxygens (including phenoxy) is 2. The second kappa shape index (κ2) is 5.23. The van der Waals surface area contributed by atoms with E-state index in [1.807, 2.05) is 6.07 Å². The van der Waals surface area contributed by atoms with Crippen LogP contribution in [0.15, 0.2) is 23.8 Å². The van der Waals surface area contributed by atoms with E-state index in [4.69, 9.17) is 14.7 Å². The molecule has 0 radical (unpaired) electrons. The van der Waals surface area contributed by atoms with Crippen LogP contribution in [0.2, 0.25) is 0 Å². The highest BCUT2D eigenvalue weighted by atomic mass is 16.7. The molecule has 5 heteroatoms. The predicted molar refractivity (Wildman–Crippen MR) is 64.8 cm³/mol. The molecule has 0 saturated carbocycles. The number of hydrogen-bond donors (Lipinski definition) is 1. The fourth-order valence-electron chi connectivity index (χ4n) is 1.57. The Balaban J connectivity index is 2.26. The first-order valence-electron chi connectivity index (χ1n) is 5.54. The molecule has 1 aliphatic heterocycles. The van der Waals surface area contributed by atoms with E-state index < -0.39 is 0 Å². The molecule has 1 heterocycles. The summed E-state index contributed by atoms with van der Waals surface area (Å²) in [4.78, 5) is 11.6. The number of likely N-dealkylation sites (N-methyl/N-ethyl adjacent to an activating group) is 1. The Labute approximate surface area is 105 Å². The molecule has 18 heavy (non-hydrogen) atoms. The van der Waals surface area contributed by atoms with Gasteiger partial charge in [0.05, 0.1) is 0 Å². The Morgan fingerprint density at radius 2 is 2.28 bits per heavy atom. The molecule has 2 rings (SSSR count). The van der Waals surface area contributed by atoms with Crippen LogP contribution in [0.4, 0.5) is 0 Å². The molecule has 0 unspecified atom stereocenters. The molecule has 1 aliphatic rings. The number of carbonyl (C=O) groups is 1. The molecule has 0 bridgehead atoms. The van der Waals surface area contributed by atoms with E-state index in [0.29, 0.717) is 18.0 Å². The van der Waals surface area contributed by atoms with Crippen molar-refractivity contribution in [1.82, 2.24) is 5.32 Å². The third-order valence-corrected chi connectivity index (χ3v) is 2.41. The van der Waals surface area contributed by atoms with Crippen LogP contribution in [0.25, 0.3) is 6.08 Å². The number of amides is 1. The predicted octanol–water partition coefficient (Wildman–Crippen LogP) is 1.46. The summed E-state index contributed by atoms with van der Waals surface area (Å²) in [7, 11) is 0. The molecular formula is C13H12N2O3. The highest BCUT2D eigenvalue weighted by Crippen LogP contribution is 2.33. The highest BCUT2D eigenvalue weighted by Gasteiger charge is 2.13. The lowest BCUT2D eigenvalue weighted by molar-refractivity contribution is -0.116. The van der Waals surface area contributed by atoms with Gasteiger partial charge in [-0.3, -0.25) is 4.79 Å². The van der Waals surface area contributed by atoms with E-state index in [2.05, 4.69) is 5.32 Å². The van der Waals surface area contributed by atoms with Crippen molar-refractivity contribution in [3.8, 4) is 17.6 Å². The molecule has 1 aromatic rings. The SMILES string of the molecule is CCNC(=O)C(C#N)=Cc1ccc2c(c1)OCO2. The van der Waals surface area contributed by atoms with Gasteiger partial charge in [-0.15, -0.1) is 0 Å². The summed E-state index contributed by atoms with van der Waals surface area (Å²) in [5, 5.41) is 11.5. The van der Waals surface area contributed by atoms with E-state index in [1.165, 1.54) is 6.08 Å². The van der Waals surface area contributed by atoms with Gasteiger partial charge in [0.15, 0.2) is 11.5 Å². The highest BCUT2D eigenvalue weighted by molar-refractivity contribution is 6.01. The van der Waals surface area contributed by atoms with Crippen LogP contribution >= 0.6 is 0 Å². The topological polar surface area (TPSA) is 71.4 Å². The van der Waals surface area contributed by atoms with Crippen LogP contribution in [-0.2, 0) is 4.79 Å². The van der Waals surface area contributed by atoms with Crippen molar-refractivity contribution in [2.45, 2.75) is 6.92 Å². The van der Waals surface area contributed by atoms with E-state index in [1.54, 1.807) is 25.1 Å². The summed E-state index contributed by atoms with van der Waals surface area (Å²) >= 11 is 0. The summed E-state index contributed by atoms with van der Waals surface area (Å²) in [5.74, 6) is 0.915. The molecule has 5 nitrogen and oxygen atoms in total. The average molecular weight is 244 g/mol. The zero-order valence-electron chi connectivity index (χ0n) is 9.90. The molecule has 0 fully saturated rings. The molecule has 1 amide bonds. The van der Waals surface area contributed by atoms with Crippen LogP contribution < -0.4 is 14.8 Å². The first-order chi connectivity index (χ1) is 8.74. The monoisotopic (exact) mass is 244 g/mol. The Morgan fingerprint density at radius 1 is 1.50 bits per heavy atom. The normalized spacial score (nSPS) is 13.0. The molecule has 0 spiro atoms. The average Bonchev–Trinajstić information content (AvgIpc) is 2.83. The maximum Gasteiger partial charge on any atom is 0.261 e. The number of carbonyl (C=O) groups excluding carboxylic acids is 1. The van der Waals surface area contributed by atoms with E-state index in [0.717, 1.165) is 5.56 Å². The Bertz CT molecular complexity index is 544. The van der Waals surface area contributed by atoms with Crippen molar-refractivity contribution in [1.29, 1.82) is 5.26 Å². The zero-order chi connectivity index (χ0) is 13.0. The summed E-state index contributed by atoms with van der Waals surface area (Å²) in [6, 6.07) is 7.13. The minimum atomic E-state index is -0.377. The number of nitrogens with one attached hydrogen (secondary N) is 1. The summed E-state index contributed by atoms with van der Waals surface area (Å²) < 4.78 is 10.4. The molecule has 0 aromatic heterocycles. The van der Waals surface area contributed by atoms with Gasteiger partial charge in [-0.25, -0.2) is 0 Å². The standard InChI is InChI=1S/C13H12N2O3/c1-2-15-13(16)10(7-14)5-9-3-4-11-12(6-9)18-8-17-11/h3-6H,2,8H2,1H3,(H,15,16). The Hall–Kier alpha value is -2.48. The molecule has 0 atom stereocenters. The summed E-state index contributed by atoms with van der Waals surface area (Å²) in [6.07, 6.45) is 1.52. The molecule has 1 aromatic carbocycles. The number of hydrogen-bond acceptors (Lipinski definition) is 4. The second-order valence-electron chi connectivity index (χ2n) is 3.64. The van der Waals surface area contributed by atoms with Crippen molar-refractivity contribution < 1.29 is 14.3 Å². The second-order valence-corrected chi connectivity index (χ2v) is 3.64. The van der Waals surface area contributed by atoms with Gasteiger partial charge in [0.2, 0.25) is 6.79 Å². The molecule has 1 N–H and O–H groups in total. The van der Waals surface area contributed by atoms with Crippen LogP contribution in [-0.4, -0.2) is 19.2 Å². The van der Waals surface area contributed by atoms with E-state index >= 15 is 0 Å². The third kappa shape index (κ3) is 2.43. The number of nitriles is 1. The lowest BCUT2D eigenvalue weighted by Gasteiger charge is -2.01. The van der Waals surface area contributed by atoms with Crippen LogP contribution in [0, 0.1) is 11.3 Å². The molecule has 0 aliphatic carbocycles. The third-order valence-electron chi connectivity index (χ3n) is 2.41. The van der Waals surface area contributed by atoms with Gasteiger partial charge < -0.3 is 14.8 Å². The van der Waals surface area contributed by atoms with E-state index in [-0.39, 0.29) is 18.3 Å². The zero-order valence-corrected chi connectivity index (χ0v) is 9.90. The Morgan fingerprint density at radius 3 is 3.00 bits per heavy atom. The fraction of sp³-hybridized carbons (Fsp3) is 0.231. The number of nitrogens with zero attached hydrogens (tertiary/aromatic N) is 1. The minimum Gasteiger partial charge on any atom is -0.454 e. The van der Waals surface area contributed by atoms with Gasteiger partial charge in [0.25, 0.3) is 5.91 Å². The first kappa shape index (κ1) is 12.0. The van der Waals surface area contributed by atoms with Gasteiger partial charge in [-0.05, 0) is 30.7 Å². The number of rotatable bonds is 3. The minimum absolute atomic E-state index is 0.0655. The Kier molecular flexibility index (Phi) is 3.49. The van der Waals surface area contributed by atoms with Gasteiger partial charge in [0.1, 0.15) is 11.6 Å². The largest absolute Gasteiger partial charge is 0.454 e. The molecule has 92 valence electrons. The van der Waals surface area contributed by atoms with Crippen molar-refractivity contribution in [2.75, 3.05) is 13.3 Å². The quantitative estimate of drug-likeness (QED) is 0.645. The summed E-state index contributed by atoms with van der Waals surface area (Å²) in [5.41, 5.74) is 0.790. The van der Waals surface area contributed by atoms with Crippen LogP contribution in [0.3, 0.4) is 0 Å². The van der Waals surface area contributed by atoms with Gasteiger partial charge >= 0.3 is 0 Å². The van der Waals surface area contributed by atoms with Gasteiger partial charge in [-0.1, -0.05) is 6.07 Å². The smallest absolute Gasteiger partial charge is 0.261 e.